The van der Waals surface area contributed by atoms with Crippen LogP contribution in [0.25, 0.3) is 0 Å². The van der Waals surface area contributed by atoms with Crippen LogP contribution in [0.1, 0.15) is 25.7 Å². The number of primary sulfonamides is 1. The molecule has 144 valence electrons. The average Bonchev–Trinajstić information content (AvgIpc) is 2.62. The number of nitro benzene ring substituents is 1. The maximum atomic E-state index is 11.4. The van der Waals surface area contributed by atoms with Gasteiger partial charge in [-0.15, -0.1) is 0 Å². The number of anilines is 1. The van der Waals surface area contributed by atoms with Crippen molar-refractivity contribution in [2.75, 3.05) is 25.0 Å². The first-order valence-corrected chi connectivity index (χ1v) is 10.3. The highest BCUT2D eigenvalue weighted by Gasteiger charge is 2.30. The molecule has 0 aromatic heterocycles. The Morgan fingerprint density at radius 2 is 2.00 bits per heavy atom. The fourth-order valence-corrected chi connectivity index (χ4v) is 4.24. The van der Waals surface area contributed by atoms with Crippen LogP contribution in [-0.2, 0) is 14.8 Å². The molecular weight excluding hydrogens is 360 g/mol. The van der Waals surface area contributed by atoms with E-state index in [1.54, 1.807) is 0 Å². The van der Waals surface area contributed by atoms with Crippen molar-refractivity contribution in [1.29, 1.82) is 0 Å². The predicted molar refractivity (Wildman–Crippen MR) is 96.4 cm³/mol. The van der Waals surface area contributed by atoms with Gasteiger partial charge in [0.1, 0.15) is 5.69 Å². The van der Waals surface area contributed by atoms with Gasteiger partial charge in [-0.05, 0) is 43.7 Å². The molecule has 1 heterocycles. The van der Waals surface area contributed by atoms with E-state index in [1.165, 1.54) is 12.1 Å². The highest BCUT2D eigenvalue weighted by atomic mass is 32.2. The van der Waals surface area contributed by atoms with E-state index in [0.29, 0.717) is 11.6 Å². The number of rotatable bonds is 5. The molecule has 4 N–H and O–H groups in total. The molecule has 2 aliphatic rings. The lowest BCUT2D eigenvalue weighted by Gasteiger charge is -2.36. The molecule has 1 atom stereocenters. The fraction of sp³-hybridized carbons (Fsp3) is 0.625. The zero-order valence-corrected chi connectivity index (χ0v) is 15.2. The summed E-state index contributed by atoms with van der Waals surface area (Å²) >= 11 is 0. The molecule has 1 unspecified atom stereocenters. The Hall–Kier alpha value is -1.75. The van der Waals surface area contributed by atoms with E-state index < -0.39 is 14.9 Å². The van der Waals surface area contributed by atoms with Gasteiger partial charge in [-0.2, -0.15) is 0 Å². The third-order valence-electron chi connectivity index (χ3n) is 5.11. The maximum Gasteiger partial charge on any atom is 0.293 e. The zero-order valence-electron chi connectivity index (χ0n) is 14.4. The molecule has 1 saturated heterocycles. The molecular formula is C16H24N4O5S. The van der Waals surface area contributed by atoms with E-state index in [-0.39, 0.29) is 22.7 Å². The van der Waals surface area contributed by atoms with E-state index in [4.69, 9.17) is 9.88 Å². The number of nitrogens with one attached hydrogen (secondary N) is 2. The van der Waals surface area contributed by atoms with Crippen molar-refractivity contribution in [2.45, 2.75) is 42.7 Å². The Bertz CT molecular complexity index is 756. The lowest BCUT2D eigenvalue weighted by Crippen LogP contribution is -2.44. The molecule has 0 bridgehead atoms. The molecule has 0 radical (unpaired) electrons. The molecule has 3 rings (SSSR count). The molecule has 1 aromatic carbocycles. The highest BCUT2D eigenvalue weighted by molar-refractivity contribution is 7.89. The monoisotopic (exact) mass is 384 g/mol. The molecule has 0 amide bonds. The van der Waals surface area contributed by atoms with Crippen LogP contribution in [0.5, 0.6) is 0 Å². The van der Waals surface area contributed by atoms with Gasteiger partial charge in [0.05, 0.1) is 22.5 Å². The number of ether oxygens (including phenoxy) is 1. The minimum absolute atomic E-state index is 0.113. The van der Waals surface area contributed by atoms with Gasteiger partial charge in [0, 0.05) is 25.2 Å². The smallest absolute Gasteiger partial charge is 0.293 e. The molecule has 10 heteroatoms. The Morgan fingerprint density at radius 3 is 2.58 bits per heavy atom. The number of nitro groups is 1. The largest absolute Gasteiger partial charge is 0.377 e. The van der Waals surface area contributed by atoms with Crippen molar-refractivity contribution in [2.24, 2.45) is 11.1 Å². The van der Waals surface area contributed by atoms with Gasteiger partial charge < -0.3 is 15.4 Å². The average molecular weight is 384 g/mol. The van der Waals surface area contributed by atoms with Crippen molar-refractivity contribution in [1.82, 2.24) is 5.32 Å². The molecule has 1 saturated carbocycles. The van der Waals surface area contributed by atoms with Crippen LogP contribution in [0.4, 0.5) is 11.4 Å². The summed E-state index contributed by atoms with van der Waals surface area (Å²) in [6.45, 7) is 2.51. The van der Waals surface area contributed by atoms with Gasteiger partial charge in [0.2, 0.25) is 10.0 Å². The minimum Gasteiger partial charge on any atom is -0.377 e. The lowest BCUT2D eigenvalue weighted by atomic mass is 9.82. The second-order valence-corrected chi connectivity index (χ2v) is 8.41. The van der Waals surface area contributed by atoms with E-state index in [2.05, 4.69) is 10.6 Å². The van der Waals surface area contributed by atoms with E-state index in [1.807, 2.05) is 0 Å². The standard InChI is InChI=1S/C16H24N4O5S/c17-26(23,24)13-5-6-14(15(9-13)20(21)22)19-12-3-1-11(2-4-12)16-10-18-7-8-25-16/h5-6,9,11-12,16,18-19H,1-4,7-8,10H2,(H2,17,23,24)/t11-,12-,16?. The molecule has 2 fully saturated rings. The van der Waals surface area contributed by atoms with Crippen molar-refractivity contribution < 1.29 is 18.1 Å². The Balaban J connectivity index is 1.65. The molecule has 9 nitrogen and oxygen atoms in total. The zero-order chi connectivity index (χ0) is 18.7. The van der Waals surface area contributed by atoms with Crippen LogP contribution >= 0.6 is 0 Å². The Kier molecular flexibility index (Phi) is 5.76. The molecule has 1 aromatic rings. The van der Waals surface area contributed by atoms with E-state index in [9.17, 15) is 18.5 Å². The molecule has 1 aliphatic carbocycles. The summed E-state index contributed by atoms with van der Waals surface area (Å²) in [5.74, 6) is 0.501. The van der Waals surface area contributed by atoms with Gasteiger partial charge in [-0.1, -0.05) is 0 Å². The van der Waals surface area contributed by atoms with Gasteiger partial charge >= 0.3 is 0 Å². The van der Waals surface area contributed by atoms with Crippen molar-refractivity contribution in [3.05, 3.63) is 28.3 Å². The van der Waals surface area contributed by atoms with Crippen LogP contribution in [0, 0.1) is 16.0 Å². The molecule has 26 heavy (non-hydrogen) atoms. The van der Waals surface area contributed by atoms with Gasteiger partial charge in [-0.25, -0.2) is 13.6 Å². The van der Waals surface area contributed by atoms with Crippen LogP contribution in [0.15, 0.2) is 23.1 Å². The normalized spacial score (nSPS) is 27.0. The second kappa shape index (κ2) is 7.87. The minimum atomic E-state index is -3.98. The van der Waals surface area contributed by atoms with Crippen LogP contribution in [-0.4, -0.2) is 45.2 Å². The quantitative estimate of drug-likeness (QED) is 0.512. The molecule has 0 spiro atoms. The number of nitrogens with two attached hydrogens (primary N) is 1. The Morgan fingerprint density at radius 1 is 1.27 bits per heavy atom. The predicted octanol–water partition coefficient (Wildman–Crippen LogP) is 1.20. The number of hydrogen-bond donors (Lipinski definition) is 3. The molecule has 1 aliphatic heterocycles. The second-order valence-electron chi connectivity index (χ2n) is 6.85. The third kappa shape index (κ3) is 4.50. The summed E-state index contributed by atoms with van der Waals surface area (Å²) in [7, 11) is -3.98. The number of hydrogen-bond acceptors (Lipinski definition) is 7. The first-order valence-electron chi connectivity index (χ1n) is 8.74. The van der Waals surface area contributed by atoms with Crippen LogP contribution < -0.4 is 15.8 Å². The number of benzene rings is 1. The lowest BCUT2D eigenvalue weighted by molar-refractivity contribution is -0.384. The van der Waals surface area contributed by atoms with E-state index in [0.717, 1.165) is 51.4 Å². The summed E-state index contributed by atoms with van der Waals surface area (Å²) in [4.78, 5) is 10.5. The van der Waals surface area contributed by atoms with Crippen LogP contribution in [0.2, 0.25) is 0 Å². The van der Waals surface area contributed by atoms with E-state index >= 15 is 0 Å². The van der Waals surface area contributed by atoms with Crippen molar-refractivity contribution in [3.63, 3.8) is 0 Å². The number of morpholine rings is 1. The van der Waals surface area contributed by atoms with Gasteiger partial charge in [-0.3, -0.25) is 10.1 Å². The summed E-state index contributed by atoms with van der Waals surface area (Å²) in [5.41, 5.74) is 0.0416. The SMILES string of the molecule is NS(=O)(=O)c1ccc(N[C@H]2CC[C@H](C3CNCCO3)CC2)c([N+](=O)[O-])c1. The topological polar surface area (TPSA) is 137 Å². The third-order valence-corrected chi connectivity index (χ3v) is 6.02. The first kappa shape index (κ1) is 19.0. The Labute approximate surface area is 152 Å². The van der Waals surface area contributed by atoms with Crippen molar-refractivity contribution >= 4 is 21.4 Å². The highest BCUT2D eigenvalue weighted by Crippen LogP contribution is 2.33. The summed E-state index contributed by atoms with van der Waals surface area (Å²) in [6.07, 6.45) is 4.00. The fourth-order valence-electron chi connectivity index (χ4n) is 3.71. The maximum absolute atomic E-state index is 11.4. The summed E-state index contributed by atoms with van der Waals surface area (Å²) in [5, 5.41) is 22.9. The van der Waals surface area contributed by atoms with Gasteiger partial charge in [0.15, 0.2) is 0 Å². The number of sulfonamides is 1. The summed E-state index contributed by atoms with van der Waals surface area (Å²) < 4.78 is 28.7. The van der Waals surface area contributed by atoms with Gasteiger partial charge in [0.25, 0.3) is 5.69 Å². The summed E-state index contributed by atoms with van der Waals surface area (Å²) in [6, 6.07) is 3.82. The first-order chi connectivity index (χ1) is 12.3. The van der Waals surface area contributed by atoms with Crippen LogP contribution in [0.3, 0.4) is 0 Å². The van der Waals surface area contributed by atoms with Crippen molar-refractivity contribution in [3.8, 4) is 0 Å². The number of nitrogens with zero attached hydrogens (tertiary/aromatic N) is 1.